The molecule has 4 aromatic rings. The predicted octanol–water partition coefficient (Wildman–Crippen LogP) is 5.61. The molecule has 2 heterocycles. The van der Waals surface area contributed by atoms with Crippen LogP contribution in [0.15, 0.2) is 84.9 Å². The van der Waals surface area contributed by atoms with E-state index in [-0.39, 0.29) is 82.2 Å². The Labute approximate surface area is 218 Å². The molecule has 1 unspecified atom stereocenters. The Morgan fingerprint density at radius 2 is 0.921 bits per heavy atom. The van der Waals surface area contributed by atoms with Crippen LogP contribution in [0.5, 0.6) is 34.5 Å². The normalized spacial score (nSPS) is 17.7. The first kappa shape index (κ1) is 24.7. The Kier molecular flexibility index (Phi) is 6.62. The van der Waals surface area contributed by atoms with Gasteiger partial charge in [-0.2, -0.15) is 0 Å². The molecule has 8 heteroatoms. The number of ketones is 2. The van der Waals surface area contributed by atoms with E-state index >= 15 is 0 Å². The number of rotatable bonds is 2. The van der Waals surface area contributed by atoms with E-state index in [2.05, 4.69) is 0 Å². The highest BCUT2D eigenvalue weighted by Gasteiger charge is 2.31. The lowest BCUT2D eigenvalue weighted by Crippen LogP contribution is -2.20. The molecule has 2 aliphatic heterocycles. The van der Waals surface area contributed by atoms with E-state index in [0.717, 1.165) is 23.3 Å². The van der Waals surface area contributed by atoms with Gasteiger partial charge >= 0.3 is 0 Å². The number of benzene rings is 4. The van der Waals surface area contributed by atoms with E-state index in [1.807, 2.05) is 60.7 Å². The van der Waals surface area contributed by atoms with Gasteiger partial charge in [-0.1, -0.05) is 60.7 Å². The maximum absolute atomic E-state index is 12.1. The number of ether oxygens (including phenoxy) is 2. The zero-order chi connectivity index (χ0) is 26.8. The first-order valence-electron chi connectivity index (χ1n) is 11.9. The highest BCUT2D eigenvalue weighted by atomic mass is 16.5. The van der Waals surface area contributed by atoms with Gasteiger partial charge in [0.25, 0.3) is 0 Å². The fraction of sp³-hybridized carbons (Fsp3) is 0.133. The summed E-state index contributed by atoms with van der Waals surface area (Å²) in [6.07, 6.45) is -0.421. The van der Waals surface area contributed by atoms with E-state index in [9.17, 15) is 30.0 Å². The van der Waals surface area contributed by atoms with Crippen LogP contribution < -0.4 is 9.47 Å². The Morgan fingerprint density at radius 3 is 1.29 bits per heavy atom. The van der Waals surface area contributed by atoms with Crippen molar-refractivity contribution in [1.29, 1.82) is 0 Å². The third-order valence-corrected chi connectivity index (χ3v) is 6.31. The molecule has 8 nitrogen and oxygen atoms in total. The fourth-order valence-electron chi connectivity index (χ4n) is 4.56. The summed E-state index contributed by atoms with van der Waals surface area (Å²) in [6, 6.07) is 23.8. The van der Waals surface area contributed by atoms with Gasteiger partial charge in [-0.15, -0.1) is 0 Å². The molecular formula is C30H24O8. The molecule has 0 amide bonds. The molecule has 192 valence electrons. The smallest absolute Gasteiger partial charge is 0.174 e. The molecule has 6 rings (SSSR count). The van der Waals surface area contributed by atoms with Crippen molar-refractivity contribution < 1.29 is 39.5 Å². The maximum atomic E-state index is 12.1. The first-order valence-corrected chi connectivity index (χ1v) is 11.9. The maximum Gasteiger partial charge on any atom is 0.174 e. The SMILES string of the molecule is O=C1CC(c2ccccc2)Oc2cc(O)cc(O)c21.O=C1C[C@@H](c2ccccc2)Oc2cc(O)cc(O)c21. The molecule has 2 atom stereocenters. The molecule has 0 radical (unpaired) electrons. The van der Waals surface area contributed by atoms with Crippen molar-refractivity contribution in [2.24, 2.45) is 0 Å². The molecule has 0 aromatic heterocycles. The predicted molar refractivity (Wildman–Crippen MR) is 137 cm³/mol. The largest absolute Gasteiger partial charge is 0.508 e. The first-order chi connectivity index (χ1) is 18.3. The van der Waals surface area contributed by atoms with Crippen LogP contribution in [-0.2, 0) is 0 Å². The number of phenols is 4. The molecule has 0 saturated heterocycles. The Morgan fingerprint density at radius 1 is 0.553 bits per heavy atom. The van der Waals surface area contributed by atoms with Crippen molar-refractivity contribution in [3.05, 3.63) is 107 Å². The molecule has 0 saturated carbocycles. The number of aromatic hydroxyl groups is 4. The highest BCUT2D eigenvalue weighted by Crippen LogP contribution is 2.42. The summed E-state index contributed by atoms with van der Waals surface area (Å²) in [6.45, 7) is 0. The number of hydrogen-bond acceptors (Lipinski definition) is 8. The van der Waals surface area contributed by atoms with E-state index in [0.29, 0.717) is 0 Å². The Bertz CT molecular complexity index is 1380. The summed E-state index contributed by atoms with van der Waals surface area (Å²) in [5.74, 6) is -0.668. The summed E-state index contributed by atoms with van der Waals surface area (Å²) in [7, 11) is 0. The number of fused-ring (bicyclic) bond motifs is 2. The second-order valence-corrected chi connectivity index (χ2v) is 8.97. The molecule has 0 aliphatic carbocycles. The van der Waals surface area contributed by atoms with Crippen LogP contribution >= 0.6 is 0 Å². The zero-order valence-electron chi connectivity index (χ0n) is 20.1. The van der Waals surface area contributed by atoms with E-state index in [4.69, 9.17) is 9.47 Å². The second kappa shape index (κ2) is 10.2. The fourth-order valence-corrected chi connectivity index (χ4v) is 4.56. The standard InChI is InChI=1S/2C15H12O4/c2*16-10-6-11(17)15-12(18)8-13(19-14(15)7-10)9-4-2-1-3-5-9/h2*1-7,13,16-17H,8H2/t13-;/m0./s1. The molecule has 2 aliphatic rings. The van der Waals surface area contributed by atoms with Crippen molar-refractivity contribution in [1.82, 2.24) is 0 Å². The van der Waals surface area contributed by atoms with Crippen LogP contribution in [0.2, 0.25) is 0 Å². The average Bonchev–Trinajstić information content (AvgIpc) is 2.88. The van der Waals surface area contributed by atoms with Crippen LogP contribution in [0.1, 0.15) is 56.9 Å². The minimum absolute atomic E-state index is 0.127. The number of carbonyl (C=O) groups excluding carboxylic acids is 2. The second-order valence-electron chi connectivity index (χ2n) is 8.97. The van der Waals surface area contributed by atoms with Crippen molar-refractivity contribution in [3.8, 4) is 34.5 Å². The zero-order valence-corrected chi connectivity index (χ0v) is 20.1. The lowest BCUT2D eigenvalue weighted by molar-refractivity contribution is 0.0834. The van der Waals surface area contributed by atoms with Crippen molar-refractivity contribution >= 4 is 11.6 Å². The molecular weight excluding hydrogens is 488 g/mol. The van der Waals surface area contributed by atoms with Crippen molar-refractivity contribution in [3.63, 3.8) is 0 Å². The van der Waals surface area contributed by atoms with Gasteiger partial charge < -0.3 is 29.9 Å². The molecule has 4 N–H and O–H groups in total. The van der Waals surface area contributed by atoms with Crippen LogP contribution in [0, 0.1) is 0 Å². The summed E-state index contributed by atoms with van der Waals surface area (Å²) in [4.78, 5) is 24.2. The van der Waals surface area contributed by atoms with Crippen LogP contribution in [0.25, 0.3) is 0 Å². The minimum atomic E-state index is -0.387. The molecule has 0 fully saturated rings. The Balaban J connectivity index is 0.000000155. The van der Waals surface area contributed by atoms with Gasteiger partial charge in [0.05, 0.1) is 12.8 Å². The van der Waals surface area contributed by atoms with Gasteiger partial charge in [-0.3, -0.25) is 9.59 Å². The highest BCUT2D eigenvalue weighted by molar-refractivity contribution is 6.03. The number of carbonyl (C=O) groups is 2. The molecule has 4 aromatic carbocycles. The van der Waals surface area contributed by atoms with Gasteiger partial charge in [-0.05, 0) is 11.1 Å². The van der Waals surface area contributed by atoms with Gasteiger partial charge in [0, 0.05) is 24.3 Å². The van der Waals surface area contributed by atoms with E-state index < -0.39 is 0 Å². The number of Topliss-reactive ketones (excluding diaryl/α,β-unsaturated/α-hetero) is 2. The quantitative estimate of drug-likeness (QED) is 0.272. The summed E-state index contributed by atoms with van der Waals surface area (Å²) in [5.41, 5.74) is 2.07. The summed E-state index contributed by atoms with van der Waals surface area (Å²) >= 11 is 0. The number of phenolic OH excluding ortho intramolecular Hbond substituents is 4. The van der Waals surface area contributed by atoms with Gasteiger partial charge in [0.2, 0.25) is 0 Å². The van der Waals surface area contributed by atoms with Crippen LogP contribution in [-0.4, -0.2) is 32.0 Å². The number of hydrogen-bond donors (Lipinski definition) is 4. The van der Waals surface area contributed by atoms with Gasteiger partial charge in [0.1, 0.15) is 57.8 Å². The molecule has 38 heavy (non-hydrogen) atoms. The molecule has 0 spiro atoms. The van der Waals surface area contributed by atoms with Crippen molar-refractivity contribution in [2.75, 3.05) is 0 Å². The minimum Gasteiger partial charge on any atom is -0.508 e. The van der Waals surface area contributed by atoms with Gasteiger partial charge in [0.15, 0.2) is 11.6 Å². The van der Waals surface area contributed by atoms with Crippen LogP contribution in [0.4, 0.5) is 0 Å². The average molecular weight is 513 g/mol. The van der Waals surface area contributed by atoms with E-state index in [1.165, 1.54) is 12.1 Å². The topological polar surface area (TPSA) is 134 Å². The third kappa shape index (κ3) is 4.97. The van der Waals surface area contributed by atoms with Gasteiger partial charge in [-0.25, -0.2) is 0 Å². The molecule has 0 bridgehead atoms. The van der Waals surface area contributed by atoms with Crippen molar-refractivity contribution in [2.45, 2.75) is 25.0 Å². The monoisotopic (exact) mass is 512 g/mol. The van der Waals surface area contributed by atoms with Crippen LogP contribution in [0.3, 0.4) is 0 Å². The summed E-state index contributed by atoms with van der Waals surface area (Å²) < 4.78 is 11.4. The lowest BCUT2D eigenvalue weighted by atomic mass is 9.95. The third-order valence-electron chi connectivity index (χ3n) is 6.31. The van der Waals surface area contributed by atoms with E-state index in [1.54, 1.807) is 0 Å². The summed E-state index contributed by atoms with van der Waals surface area (Å²) in [5, 5.41) is 38.3. The Hall–Kier alpha value is -4.98. The lowest BCUT2D eigenvalue weighted by Gasteiger charge is -2.26.